The Labute approximate surface area is 149 Å². The van der Waals surface area contributed by atoms with E-state index in [4.69, 9.17) is 0 Å². The number of rotatable bonds is 6. The average molecular weight is 362 g/mol. The molecule has 0 spiro atoms. The summed E-state index contributed by atoms with van der Waals surface area (Å²) >= 11 is 0. The Morgan fingerprint density at radius 1 is 1.16 bits per heavy atom. The summed E-state index contributed by atoms with van der Waals surface area (Å²) in [5, 5.41) is 3.10. The highest BCUT2D eigenvalue weighted by atomic mass is 32.2. The molecule has 0 aliphatic heterocycles. The Bertz CT molecular complexity index is 773. The van der Waals surface area contributed by atoms with E-state index in [0.29, 0.717) is 11.5 Å². The van der Waals surface area contributed by atoms with E-state index < -0.39 is 10.0 Å². The molecule has 3 aliphatic carbocycles. The van der Waals surface area contributed by atoms with E-state index in [2.05, 4.69) is 17.0 Å². The third kappa shape index (κ3) is 3.60. The van der Waals surface area contributed by atoms with Crippen molar-refractivity contribution < 1.29 is 13.2 Å². The van der Waals surface area contributed by atoms with Crippen LogP contribution in [0.3, 0.4) is 0 Å². The Morgan fingerprint density at radius 2 is 1.96 bits per heavy atom. The minimum Gasteiger partial charge on any atom is -0.349 e. The number of nitrogens with one attached hydrogen (secondary N) is 2. The molecule has 1 amide bonds. The summed E-state index contributed by atoms with van der Waals surface area (Å²) in [6.07, 6.45) is 6.93. The lowest BCUT2D eigenvalue weighted by atomic mass is 9.84. The Balaban J connectivity index is 1.44. The van der Waals surface area contributed by atoms with Crippen molar-refractivity contribution >= 4 is 15.9 Å². The lowest BCUT2D eigenvalue weighted by Gasteiger charge is -2.28. The lowest BCUT2D eigenvalue weighted by Crippen LogP contribution is -2.40. The Kier molecular flexibility index (Phi) is 4.36. The second-order valence-corrected chi connectivity index (χ2v) is 9.74. The maximum atomic E-state index is 12.6. The number of fused-ring (bicyclic) bond motifs is 2. The highest BCUT2D eigenvalue weighted by molar-refractivity contribution is 7.89. The van der Waals surface area contributed by atoms with Crippen molar-refractivity contribution in [2.24, 2.45) is 17.8 Å². The molecular formula is C19H26N2O3S. The highest BCUT2D eigenvalue weighted by Crippen LogP contribution is 2.49. The minimum atomic E-state index is -3.53. The maximum Gasteiger partial charge on any atom is 0.251 e. The number of hydrogen-bond acceptors (Lipinski definition) is 3. The summed E-state index contributed by atoms with van der Waals surface area (Å²) < 4.78 is 27.3. The van der Waals surface area contributed by atoms with Crippen LogP contribution in [-0.2, 0) is 10.0 Å². The molecule has 0 heterocycles. The molecule has 0 saturated heterocycles. The van der Waals surface area contributed by atoms with Crippen LogP contribution in [-0.4, -0.2) is 26.4 Å². The van der Waals surface area contributed by atoms with Crippen LogP contribution in [0.1, 0.15) is 55.8 Å². The number of sulfonamides is 1. The first-order valence-corrected chi connectivity index (χ1v) is 10.8. The van der Waals surface area contributed by atoms with E-state index in [-0.39, 0.29) is 22.9 Å². The van der Waals surface area contributed by atoms with E-state index in [1.165, 1.54) is 31.7 Å². The summed E-state index contributed by atoms with van der Waals surface area (Å²) in [6, 6.07) is 6.53. The predicted molar refractivity (Wildman–Crippen MR) is 95.7 cm³/mol. The molecule has 6 heteroatoms. The maximum absolute atomic E-state index is 12.6. The van der Waals surface area contributed by atoms with Gasteiger partial charge in [0.2, 0.25) is 10.0 Å². The van der Waals surface area contributed by atoms with Gasteiger partial charge in [0.05, 0.1) is 4.90 Å². The zero-order valence-corrected chi connectivity index (χ0v) is 15.4. The molecular weight excluding hydrogens is 336 g/mol. The van der Waals surface area contributed by atoms with Gasteiger partial charge < -0.3 is 5.32 Å². The molecule has 0 radical (unpaired) electrons. The topological polar surface area (TPSA) is 75.3 Å². The second kappa shape index (κ2) is 6.40. The number of carbonyl (C=O) groups is 1. The first-order chi connectivity index (χ1) is 11.9. The molecule has 1 aromatic rings. The fraction of sp³-hybridized carbons (Fsp3) is 0.632. The predicted octanol–water partition coefficient (Wildman–Crippen LogP) is 2.68. The van der Waals surface area contributed by atoms with Crippen LogP contribution >= 0.6 is 0 Å². The molecule has 2 N–H and O–H groups in total. The molecule has 4 rings (SSSR count). The zero-order chi connectivity index (χ0) is 17.6. The van der Waals surface area contributed by atoms with Crippen LogP contribution in [0, 0.1) is 17.8 Å². The van der Waals surface area contributed by atoms with E-state index in [0.717, 1.165) is 24.7 Å². The number of amides is 1. The van der Waals surface area contributed by atoms with Crippen molar-refractivity contribution in [3.8, 4) is 0 Å². The van der Waals surface area contributed by atoms with E-state index in [1.54, 1.807) is 18.2 Å². The van der Waals surface area contributed by atoms with Crippen LogP contribution in [0.25, 0.3) is 0 Å². The molecule has 3 saturated carbocycles. The lowest BCUT2D eigenvalue weighted by molar-refractivity contribution is 0.0915. The second-order valence-electron chi connectivity index (χ2n) is 8.02. The van der Waals surface area contributed by atoms with Crippen LogP contribution < -0.4 is 10.0 Å². The summed E-state index contributed by atoms with van der Waals surface area (Å²) in [7, 11) is -3.53. The molecule has 136 valence electrons. The van der Waals surface area contributed by atoms with Gasteiger partial charge in [0.1, 0.15) is 0 Å². The van der Waals surface area contributed by atoms with Crippen molar-refractivity contribution in [1.82, 2.24) is 10.0 Å². The van der Waals surface area contributed by atoms with Crippen molar-refractivity contribution in [3.05, 3.63) is 29.8 Å². The normalized spacial score (nSPS) is 29.6. The molecule has 1 aromatic carbocycles. The zero-order valence-electron chi connectivity index (χ0n) is 14.6. The van der Waals surface area contributed by atoms with Crippen molar-refractivity contribution in [3.63, 3.8) is 0 Å². The fourth-order valence-electron chi connectivity index (χ4n) is 4.60. The highest BCUT2D eigenvalue weighted by Gasteiger charge is 2.42. The van der Waals surface area contributed by atoms with Gasteiger partial charge in [-0.3, -0.25) is 4.79 Å². The van der Waals surface area contributed by atoms with Gasteiger partial charge in [-0.25, -0.2) is 13.1 Å². The standard InChI is InChI=1S/C19H26N2O3S/c1-12(18-10-13-5-6-14(18)9-13)20-19(22)15-3-2-4-17(11-15)25(23,24)21-16-7-8-16/h2-4,11-14,16,18,21H,5-10H2,1H3,(H,20,22)/t12-,13+,14+,18-/m0/s1. The monoisotopic (exact) mass is 362 g/mol. The Hall–Kier alpha value is -1.40. The SMILES string of the molecule is C[C@H](NC(=O)c1cccc(S(=O)(=O)NC2CC2)c1)[C@@H]1C[C@@H]2CC[C@@H]1C2. The molecule has 4 atom stereocenters. The van der Waals surface area contributed by atoms with E-state index >= 15 is 0 Å². The largest absolute Gasteiger partial charge is 0.349 e. The number of benzene rings is 1. The summed E-state index contributed by atoms with van der Waals surface area (Å²) in [5.74, 6) is 1.97. The average Bonchev–Trinajstić information content (AvgIpc) is 3.13. The summed E-state index contributed by atoms with van der Waals surface area (Å²) in [6.45, 7) is 2.08. The summed E-state index contributed by atoms with van der Waals surface area (Å²) in [5.41, 5.74) is 0.411. The van der Waals surface area contributed by atoms with Gasteiger partial charge in [-0.2, -0.15) is 0 Å². The summed E-state index contributed by atoms with van der Waals surface area (Å²) in [4.78, 5) is 12.8. The van der Waals surface area contributed by atoms with Crippen LogP contribution in [0.15, 0.2) is 29.2 Å². The molecule has 0 unspecified atom stereocenters. The quantitative estimate of drug-likeness (QED) is 0.817. The smallest absolute Gasteiger partial charge is 0.251 e. The first kappa shape index (κ1) is 17.0. The van der Waals surface area contributed by atoms with Gasteiger partial charge in [0, 0.05) is 17.6 Å². The number of carbonyl (C=O) groups excluding carboxylic acids is 1. The van der Waals surface area contributed by atoms with Crippen LogP contribution in [0.2, 0.25) is 0 Å². The van der Waals surface area contributed by atoms with Crippen molar-refractivity contribution in [2.45, 2.75) is 62.4 Å². The van der Waals surface area contributed by atoms with Crippen molar-refractivity contribution in [1.29, 1.82) is 0 Å². The molecule has 0 aromatic heterocycles. The van der Waals surface area contributed by atoms with E-state index in [1.807, 2.05) is 0 Å². The van der Waals surface area contributed by atoms with Gasteiger partial charge in [0.25, 0.3) is 5.91 Å². The first-order valence-electron chi connectivity index (χ1n) is 9.35. The number of hydrogen-bond donors (Lipinski definition) is 2. The third-order valence-electron chi connectivity index (χ3n) is 6.10. The minimum absolute atomic E-state index is 0.0558. The molecule has 3 aliphatic rings. The molecule has 25 heavy (non-hydrogen) atoms. The van der Waals surface area contributed by atoms with Crippen LogP contribution in [0.5, 0.6) is 0 Å². The van der Waals surface area contributed by atoms with Gasteiger partial charge in [-0.05, 0) is 75.0 Å². The van der Waals surface area contributed by atoms with E-state index in [9.17, 15) is 13.2 Å². The molecule has 3 fully saturated rings. The van der Waals surface area contributed by atoms with Crippen molar-refractivity contribution in [2.75, 3.05) is 0 Å². The van der Waals surface area contributed by atoms with Gasteiger partial charge in [-0.1, -0.05) is 12.5 Å². The van der Waals surface area contributed by atoms with Crippen LogP contribution in [0.4, 0.5) is 0 Å². The van der Waals surface area contributed by atoms with Gasteiger partial charge in [0.15, 0.2) is 0 Å². The molecule has 5 nitrogen and oxygen atoms in total. The Morgan fingerprint density at radius 3 is 2.60 bits per heavy atom. The van der Waals surface area contributed by atoms with Gasteiger partial charge >= 0.3 is 0 Å². The van der Waals surface area contributed by atoms with Gasteiger partial charge in [-0.15, -0.1) is 0 Å². The fourth-order valence-corrected chi connectivity index (χ4v) is 5.95. The third-order valence-corrected chi connectivity index (χ3v) is 7.62. The molecule has 2 bridgehead atoms.